The van der Waals surface area contributed by atoms with Crippen LogP contribution in [-0.2, 0) is 10.8 Å². The highest BCUT2D eigenvalue weighted by atomic mass is 32.2. The van der Waals surface area contributed by atoms with Gasteiger partial charge in [0.05, 0.1) is 6.04 Å². The molecular weight excluding hydrogens is 318 g/mol. The van der Waals surface area contributed by atoms with Crippen molar-refractivity contribution in [1.82, 2.24) is 15.6 Å². The minimum Gasteiger partial charge on any atom is -0.335 e. The van der Waals surface area contributed by atoms with Crippen molar-refractivity contribution < 1.29 is 9.00 Å². The zero-order valence-corrected chi connectivity index (χ0v) is 14.8. The molecule has 1 aromatic rings. The van der Waals surface area contributed by atoms with Gasteiger partial charge in [0, 0.05) is 39.4 Å². The van der Waals surface area contributed by atoms with Crippen molar-refractivity contribution >= 4 is 28.2 Å². The molecule has 0 aromatic carbocycles. The average Bonchev–Trinajstić information content (AvgIpc) is 3.06. The number of thiazole rings is 1. The Balaban J connectivity index is 1.84. The van der Waals surface area contributed by atoms with E-state index in [1.54, 1.807) is 17.5 Å². The summed E-state index contributed by atoms with van der Waals surface area (Å²) in [4.78, 5) is 16.5. The summed E-state index contributed by atoms with van der Waals surface area (Å²) in [6.07, 6.45) is 6.41. The maximum absolute atomic E-state index is 12.2. The summed E-state index contributed by atoms with van der Waals surface area (Å²) in [6.45, 7) is 3.99. The van der Waals surface area contributed by atoms with Crippen LogP contribution in [0.4, 0.5) is 4.79 Å². The molecule has 1 aliphatic rings. The van der Waals surface area contributed by atoms with Crippen LogP contribution in [0.2, 0.25) is 0 Å². The van der Waals surface area contributed by atoms with E-state index < -0.39 is 10.8 Å². The van der Waals surface area contributed by atoms with Crippen molar-refractivity contribution in [1.29, 1.82) is 0 Å². The van der Waals surface area contributed by atoms with Gasteiger partial charge in [0.1, 0.15) is 5.01 Å². The second-order valence-corrected chi connectivity index (χ2v) is 8.54. The van der Waals surface area contributed by atoms with Gasteiger partial charge in [0.25, 0.3) is 0 Å². The number of nitrogens with zero attached hydrogens (tertiary/aromatic N) is 1. The predicted molar refractivity (Wildman–Crippen MR) is 91.5 cm³/mol. The number of amides is 2. The van der Waals surface area contributed by atoms with Crippen molar-refractivity contribution in [3.63, 3.8) is 0 Å². The first-order valence-electron chi connectivity index (χ1n) is 7.97. The second kappa shape index (κ2) is 8.62. The first-order chi connectivity index (χ1) is 10.6. The molecule has 4 atom stereocenters. The molecule has 2 amide bonds. The zero-order valence-electron chi connectivity index (χ0n) is 13.2. The van der Waals surface area contributed by atoms with Gasteiger partial charge in [-0.15, -0.1) is 11.3 Å². The lowest BCUT2D eigenvalue weighted by atomic mass is 9.95. The summed E-state index contributed by atoms with van der Waals surface area (Å²) < 4.78 is 12.0. The van der Waals surface area contributed by atoms with Gasteiger partial charge in [-0.25, -0.2) is 9.78 Å². The molecule has 1 aliphatic carbocycles. The largest absolute Gasteiger partial charge is 0.335 e. The lowest BCUT2D eigenvalue weighted by molar-refractivity contribution is 0.228. The molecule has 7 heteroatoms. The van der Waals surface area contributed by atoms with Crippen LogP contribution in [0.5, 0.6) is 0 Å². The third kappa shape index (κ3) is 4.78. The van der Waals surface area contributed by atoms with E-state index in [0.717, 1.165) is 37.1 Å². The molecule has 1 aromatic heterocycles. The number of aromatic nitrogens is 1. The molecule has 0 bridgehead atoms. The summed E-state index contributed by atoms with van der Waals surface area (Å²) in [7, 11) is -0.766. The zero-order chi connectivity index (χ0) is 15.9. The molecule has 0 saturated heterocycles. The van der Waals surface area contributed by atoms with Crippen LogP contribution in [0.25, 0.3) is 0 Å². The van der Waals surface area contributed by atoms with E-state index in [9.17, 15) is 9.00 Å². The summed E-state index contributed by atoms with van der Waals surface area (Å²) in [5.41, 5.74) is 0. The number of rotatable bonds is 6. The molecule has 0 spiro atoms. The van der Waals surface area contributed by atoms with Crippen LogP contribution < -0.4 is 10.6 Å². The van der Waals surface area contributed by atoms with Gasteiger partial charge in [-0.05, 0) is 25.7 Å². The number of urea groups is 1. The van der Waals surface area contributed by atoms with Crippen molar-refractivity contribution in [3.8, 4) is 0 Å². The maximum atomic E-state index is 12.2. The monoisotopic (exact) mass is 343 g/mol. The molecule has 4 unspecified atom stereocenters. The minimum absolute atomic E-state index is 0.0378. The summed E-state index contributed by atoms with van der Waals surface area (Å²) in [5, 5.41) is 9.13. The van der Waals surface area contributed by atoms with E-state index in [-0.39, 0.29) is 23.4 Å². The van der Waals surface area contributed by atoms with Crippen molar-refractivity contribution in [2.24, 2.45) is 0 Å². The Hall–Kier alpha value is -0.950. The number of hydrogen-bond donors (Lipinski definition) is 2. The van der Waals surface area contributed by atoms with Gasteiger partial charge in [-0.1, -0.05) is 20.3 Å². The highest BCUT2D eigenvalue weighted by Crippen LogP contribution is 2.23. The smallest absolute Gasteiger partial charge is 0.315 e. The number of carbonyl (C=O) groups is 1. The van der Waals surface area contributed by atoms with E-state index in [1.165, 1.54) is 0 Å². The molecule has 2 rings (SSSR count). The molecule has 5 nitrogen and oxygen atoms in total. The Labute approximate surface area is 138 Å². The molecule has 2 N–H and O–H groups in total. The maximum Gasteiger partial charge on any atom is 0.315 e. The molecule has 1 fully saturated rings. The summed E-state index contributed by atoms with van der Waals surface area (Å²) in [5.74, 6) is 0.700. The van der Waals surface area contributed by atoms with Crippen LogP contribution in [0.1, 0.15) is 57.0 Å². The van der Waals surface area contributed by atoms with Gasteiger partial charge in [0.15, 0.2) is 0 Å². The van der Waals surface area contributed by atoms with Crippen molar-refractivity contribution in [2.45, 2.75) is 63.3 Å². The van der Waals surface area contributed by atoms with E-state index >= 15 is 0 Å². The summed E-state index contributed by atoms with van der Waals surface area (Å²) >= 11 is 1.56. The lowest BCUT2D eigenvalue weighted by Crippen LogP contribution is -2.46. The average molecular weight is 344 g/mol. The van der Waals surface area contributed by atoms with Crippen LogP contribution in [0, 0.1) is 0 Å². The molecule has 124 valence electrons. The van der Waals surface area contributed by atoms with Gasteiger partial charge in [0.2, 0.25) is 0 Å². The summed E-state index contributed by atoms with van der Waals surface area (Å²) in [6, 6.07) is -0.0535. The Morgan fingerprint density at radius 2 is 2.32 bits per heavy atom. The first-order valence-corrected chi connectivity index (χ1v) is 10.2. The van der Waals surface area contributed by atoms with Crippen LogP contribution in [-0.4, -0.2) is 32.3 Å². The molecule has 0 radical (unpaired) electrons. The first kappa shape index (κ1) is 17.4. The van der Waals surface area contributed by atoms with Crippen LogP contribution in [0.3, 0.4) is 0 Å². The van der Waals surface area contributed by atoms with Gasteiger partial charge in [-0.2, -0.15) is 0 Å². The molecular formula is C15H25N3O2S2. The van der Waals surface area contributed by atoms with Gasteiger partial charge in [-0.3, -0.25) is 4.21 Å². The van der Waals surface area contributed by atoms with Crippen LogP contribution >= 0.6 is 11.3 Å². The Kier molecular flexibility index (Phi) is 6.82. The van der Waals surface area contributed by atoms with Gasteiger partial charge >= 0.3 is 6.03 Å². The Morgan fingerprint density at radius 1 is 1.50 bits per heavy atom. The fraction of sp³-hybridized carbons (Fsp3) is 0.733. The topological polar surface area (TPSA) is 71.1 Å². The lowest BCUT2D eigenvalue weighted by Gasteiger charge is -2.29. The molecule has 1 heterocycles. The minimum atomic E-state index is -0.766. The third-order valence-electron chi connectivity index (χ3n) is 4.08. The van der Waals surface area contributed by atoms with E-state index in [2.05, 4.69) is 15.6 Å². The van der Waals surface area contributed by atoms with Crippen molar-refractivity contribution in [2.75, 3.05) is 5.75 Å². The standard InChI is InChI=1S/C15H25N3O2S2/c1-3-13(14-16-8-9-21-14)18-15(19)17-11-6-5-7-12(10-11)22(20)4-2/h8-9,11-13H,3-7,10H2,1-2H3,(H2,17,18,19). The fourth-order valence-electron chi connectivity index (χ4n) is 2.88. The number of hydrogen-bond acceptors (Lipinski definition) is 4. The number of nitrogens with one attached hydrogen (secondary N) is 2. The quantitative estimate of drug-likeness (QED) is 0.834. The third-order valence-corrected chi connectivity index (χ3v) is 6.71. The van der Waals surface area contributed by atoms with Crippen molar-refractivity contribution in [3.05, 3.63) is 16.6 Å². The molecule has 22 heavy (non-hydrogen) atoms. The number of carbonyl (C=O) groups excluding carboxylic acids is 1. The van der Waals surface area contributed by atoms with E-state index in [4.69, 9.17) is 0 Å². The Morgan fingerprint density at radius 3 is 2.95 bits per heavy atom. The SMILES string of the molecule is CCC(NC(=O)NC1CCCC(S(=O)CC)C1)c1nccs1. The molecule has 1 saturated carbocycles. The second-order valence-electron chi connectivity index (χ2n) is 5.60. The van der Waals surface area contributed by atoms with E-state index in [0.29, 0.717) is 5.75 Å². The van der Waals surface area contributed by atoms with Crippen LogP contribution in [0.15, 0.2) is 11.6 Å². The van der Waals surface area contributed by atoms with E-state index in [1.807, 2.05) is 19.2 Å². The molecule has 0 aliphatic heterocycles. The normalized spacial score (nSPS) is 24.5. The predicted octanol–water partition coefficient (Wildman–Crippen LogP) is 2.97. The Bertz CT molecular complexity index is 493. The highest BCUT2D eigenvalue weighted by Gasteiger charge is 2.27. The van der Waals surface area contributed by atoms with Gasteiger partial charge < -0.3 is 10.6 Å². The highest BCUT2D eigenvalue weighted by molar-refractivity contribution is 7.85. The fourth-order valence-corrected chi connectivity index (χ4v) is 5.00.